The van der Waals surface area contributed by atoms with Gasteiger partial charge in [0.1, 0.15) is 12.0 Å². The maximum atomic E-state index is 12.4. The number of amides is 1. The number of hydrogen-bond donors (Lipinski definition) is 0. The van der Waals surface area contributed by atoms with Crippen LogP contribution in [-0.4, -0.2) is 26.4 Å². The molecule has 1 amide bonds. The molecule has 13 heteroatoms. The van der Waals surface area contributed by atoms with E-state index in [1.807, 2.05) is 0 Å². The molecule has 2 atom stereocenters. The van der Waals surface area contributed by atoms with Gasteiger partial charge in [-0.3, -0.25) is 19.8 Å². The average Bonchev–Trinajstić information content (AvgIpc) is 3.18. The predicted octanol–water partition coefficient (Wildman–Crippen LogP) is 5.68. The maximum Gasteiger partial charge on any atom is 0.269 e. The zero-order valence-electron chi connectivity index (χ0n) is 15.2. The predicted molar refractivity (Wildman–Crippen MR) is 119 cm³/mol. The molecular formula is C18H10Cl4N4O4S. The number of rotatable bonds is 6. The van der Waals surface area contributed by atoms with Gasteiger partial charge in [0.25, 0.3) is 5.69 Å². The number of halogens is 4. The van der Waals surface area contributed by atoms with Crippen molar-refractivity contribution in [3.05, 3.63) is 72.2 Å². The number of anilines is 1. The number of nitro benzene ring substituents is 1. The first-order valence-electron chi connectivity index (χ1n) is 8.57. The lowest BCUT2D eigenvalue weighted by molar-refractivity contribution is -0.384. The molecule has 0 spiro atoms. The summed E-state index contributed by atoms with van der Waals surface area (Å²) in [5, 5.41) is 19.9. The van der Waals surface area contributed by atoms with E-state index < -0.39 is 16.3 Å². The van der Waals surface area contributed by atoms with Crippen molar-refractivity contribution in [2.24, 2.45) is 0 Å². The number of β-lactam (4-membered cyclic amide) rings is 1. The van der Waals surface area contributed by atoms with Crippen molar-refractivity contribution in [1.29, 1.82) is 0 Å². The minimum atomic E-state index is -0.864. The van der Waals surface area contributed by atoms with Gasteiger partial charge in [-0.15, -0.1) is 21.8 Å². The molecule has 3 aromatic rings. The van der Waals surface area contributed by atoms with Gasteiger partial charge in [-0.2, -0.15) is 0 Å². The van der Waals surface area contributed by atoms with Gasteiger partial charge in [0.2, 0.25) is 11.0 Å². The van der Waals surface area contributed by atoms with Gasteiger partial charge >= 0.3 is 0 Å². The molecule has 2 aromatic carbocycles. The number of carbonyl (C=O) groups excluding carboxylic acids is 1. The number of carbonyl (C=O) groups is 1. The van der Waals surface area contributed by atoms with E-state index in [2.05, 4.69) is 10.2 Å². The number of ether oxygens (including phenoxy) is 1. The smallest absolute Gasteiger partial charge is 0.269 e. The molecule has 0 bridgehead atoms. The van der Waals surface area contributed by atoms with E-state index in [4.69, 9.17) is 51.1 Å². The summed E-state index contributed by atoms with van der Waals surface area (Å²) in [6.07, 6.45) is 0. The van der Waals surface area contributed by atoms with E-state index in [-0.39, 0.29) is 34.0 Å². The maximum absolute atomic E-state index is 12.4. The van der Waals surface area contributed by atoms with Crippen molar-refractivity contribution in [2.45, 2.75) is 18.0 Å². The summed E-state index contributed by atoms with van der Waals surface area (Å²) in [7, 11) is 0. The fourth-order valence-electron chi connectivity index (χ4n) is 3.01. The summed E-state index contributed by atoms with van der Waals surface area (Å²) < 4.78 is 5.64. The molecule has 160 valence electrons. The summed E-state index contributed by atoms with van der Waals surface area (Å²) in [6.45, 7) is 0.00650. The summed E-state index contributed by atoms with van der Waals surface area (Å²) in [4.78, 5) is 24.3. The Morgan fingerprint density at radius 2 is 1.87 bits per heavy atom. The Labute approximate surface area is 199 Å². The highest BCUT2D eigenvalue weighted by atomic mass is 35.5. The first-order valence-corrected chi connectivity index (χ1v) is 11.0. The Bertz CT molecular complexity index is 1170. The van der Waals surface area contributed by atoms with Crippen LogP contribution in [0.1, 0.15) is 16.6 Å². The molecule has 4 rings (SSSR count). The number of hydrogen-bond acceptors (Lipinski definition) is 7. The van der Waals surface area contributed by atoms with Crippen molar-refractivity contribution in [1.82, 2.24) is 10.2 Å². The molecule has 0 saturated carbocycles. The number of benzene rings is 2. The highest BCUT2D eigenvalue weighted by Gasteiger charge is 2.49. The van der Waals surface area contributed by atoms with E-state index in [1.165, 1.54) is 35.2 Å². The molecule has 2 heterocycles. The fourth-order valence-corrected chi connectivity index (χ4v) is 5.09. The van der Waals surface area contributed by atoms with E-state index in [9.17, 15) is 14.9 Å². The van der Waals surface area contributed by atoms with E-state index in [1.54, 1.807) is 6.07 Å². The third kappa shape index (κ3) is 4.28. The summed E-state index contributed by atoms with van der Waals surface area (Å²) in [5.41, 5.74) is 0.435. The normalized spacial score (nSPS) is 18.1. The van der Waals surface area contributed by atoms with Gasteiger partial charge in [-0.25, -0.2) is 0 Å². The van der Waals surface area contributed by atoms with Crippen LogP contribution >= 0.6 is 57.7 Å². The number of nitro groups is 1. The Kier molecular flexibility index (Phi) is 6.23. The largest absolute Gasteiger partial charge is 0.483 e. The molecular weight excluding hydrogens is 510 g/mol. The van der Waals surface area contributed by atoms with Crippen LogP contribution in [0.3, 0.4) is 0 Å². The quantitative estimate of drug-likeness (QED) is 0.180. The van der Waals surface area contributed by atoms with Crippen LogP contribution in [0.2, 0.25) is 15.1 Å². The second-order valence-corrected chi connectivity index (χ2v) is 9.13. The molecule has 0 radical (unpaired) electrons. The van der Waals surface area contributed by atoms with Crippen LogP contribution in [-0.2, 0) is 11.4 Å². The Balaban J connectivity index is 1.53. The van der Waals surface area contributed by atoms with Crippen LogP contribution < -0.4 is 9.64 Å². The Morgan fingerprint density at radius 3 is 2.55 bits per heavy atom. The lowest BCUT2D eigenvalue weighted by atomic mass is 9.93. The highest BCUT2D eigenvalue weighted by Crippen LogP contribution is 2.44. The van der Waals surface area contributed by atoms with Gasteiger partial charge in [0.05, 0.1) is 21.0 Å². The fraction of sp³-hybridized carbons (Fsp3) is 0.167. The van der Waals surface area contributed by atoms with Crippen LogP contribution in [0.5, 0.6) is 5.75 Å². The van der Waals surface area contributed by atoms with Crippen molar-refractivity contribution in [3.63, 3.8) is 0 Å². The Hall–Kier alpha value is -2.17. The van der Waals surface area contributed by atoms with Crippen LogP contribution in [0, 0.1) is 10.1 Å². The first-order chi connectivity index (χ1) is 14.8. The molecule has 1 saturated heterocycles. The van der Waals surface area contributed by atoms with E-state index in [0.717, 1.165) is 11.3 Å². The Morgan fingerprint density at radius 1 is 1.16 bits per heavy atom. The van der Waals surface area contributed by atoms with Gasteiger partial charge in [0, 0.05) is 17.2 Å². The third-order valence-electron chi connectivity index (χ3n) is 4.42. The van der Waals surface area contributed by atoms with Gasteiger partial charge in [-0.1, -0.05) is 58.3 Å². The second-order valence-electron chi connectivity index (χ2n) is 6.37. The molecule has 1 aliphatic rings. The molecule has 0 N–H and O–H groups in total. The lowest BCUT2D eigenvalue weighted by Crippen LogP contribution is -2.56. The molecule has 8 nitrogen and oxygen atoms in total. The zero-order valence-corrected chi connectivity index (χ0v) is 19.0. The summed E-state index contributed by atoms with van der Waals surface area (Å²) >= 11 is 25.4. The van der Waals surface area contributed by atoms with Gasteiger partial charge in [0.15, 0.2) is 10.8 Å². The first kappa shape index (κ1) is 22.0. The third-order valence-corrected chi connectivity index (χ3v) is 6.52. The molecule has 2 unspecified atom stereocenters. The van der Waals surface area contributed by atoms with Crippen LogP contribution in [0.15, 0.2) is 36.4 Å². The molecule has 0 aliphatic carbocycles. The zero-order chi connectivity index (χ0) is 22.3. The second kappa shape index (κ2) is 8.76. The molecule has 1 aliphatic heterocycles. The van der Waals surface area contributed by atoms with Crippen molar-refractivity contribution >= 4 is 74.5 Å². The topological polar surface area (TPSA) is 98.5 Å². The highest BCUT2D eigenvalue weighted by molar-refractivity contribution is 7.15. The van der Waals surface area contributed by atoms with Gasteiger partial charge in [-0.05, 0) is 17.7 Å². The van der Waals surface area contributed by atoms with Crippen molar-refractivity contribution < 1.29 is 14.5 Å². The SMILES string of the molecule is O=C1C(Cl)C(c2cccc([N+](=O)[O-])c2)N1c1nnc(COc2c(Cl)cc(Cl)cc2Cl)s1. The van der Waals surface area contributed by atoms with Gasteiger partial charge < -0.3 is 4.74 Å². The number of nitrogens with zero attached hydrogens (tertiary/aromatic N) is 4. The number of alkyl halides is 1. The van der Waals surface area contributed by atoms with Crippen LogP contribution in [0.25, 0.3) is 0 Å². The standard InChI is InChI=1S/C18H10Cl4N4O4S/c19-9-5-11(20)16(12(21)6-9)30-7-13-23-24-18(31-13)25-15(14(22)17(25)27)8-2-1-3-10(4-8)26(28)29/h1-6,14-15H,7H2. The summed E-state index contributed by atoms with van der Waals surface area (Å²) in [6, 6.07) is 8.35. The average molecular weight is 520 g/mol. The van der Waals surface area contributed by atoms with E-state index >= 15 is 0 Å². The molecule has 31 heavy (non-hydrogen) atoms. The summed E-state index contributed by atoms with van der Waals surface area (Å²) in [5.74, 6) is -0.120. The van der Waals surface area contributed by atoms with Crippen molar-refractivity contribution in [2.75, 3.05) is 4.90 Å². The monoisotopic (exact) mass is 518 g/mol. The van der Waals surface area contributed by atoms with Crippen molar-refractivity contribution in [3.8, 4) is 5.75 Å². The lowest BCUT2D eigenvalue weighted by Gasteiger charge is -2.42. The minimum absolute atomic E-state index is 0.00650. The molecule has 1 fully saturated rings. The minimum Gasteiger partial charge on any atom is -0.483 e. The number of aromatic nitrogens is 2. The number of non-ortho nitro benzene ring substituents is 1. The molecule has 1 aromatic heterocycles. The van der Waals surface area contributed by atoms with E-state index in [0.29, 0.717) is 20.7 Å². The van der Waals surface area contributed by atoms with Crippen LogP contribution in [0.4, 0.5) is 10.8 Å².